The maximum Gasteiger partial charge on any atom is 0.407 e. The van der Waals surface area contributed by atoms with Gasteiger partial charge in [0.25, 0.3) is 0 Å². The Morgan fingerprint density at radius 3 is 2.50 bits per heavy atom. The number of piperidine rings is 1. The third-order valence-corrected chi connectivity index (χ3v) is 3.56. The Kier molecular flexibility index (Phi) is 3.87. The second-order valence-electron chi connectivity index (χ2n) is 4.73. The van der Waals surface area contributed by atoms with Gasteiger partial charge >= 0.3 is 12.1 Å². The Morgan fingerprint density at radius 2 is 1.95 bits per heavy atom. The fourth-order valence-electron chi connectivity index (χ4n) is 2.55. The predicted molar refractivity (Wildman–Crippen MR) is 64.4 cm³/mol. The van der Waals surface area contributed by atoms with Crippen molar-refractivity contribution in [1.82, 2.24) is 4.90 Å². The molecule has 5 nitrogen and oxygen atoms in total. The second-order valence-corrected chi connectivity index (χ2v) is 4.73. The molecule has 0 radical (unpaired) electrons. The lowest BCUT2D eigenvalue weighted by atomic mass is 9.80. The minimum atomic E-state index is -1.20. The van der Waals surface area contributed by atoms with Crippen molar-refractivity contribution in [1.29, 1.82) is 0 Å². The van der Waals surface area contributed by atoms with Gasteiger partial charge in [-0.3, -0.25) is 4.79 Å². The summed E-state index contributed by atoms with van der Waals surface area (Å²) in [6.45, 7) is -0.0766. The van der Waals surface area contributed by atoms with Crippen LogP contribution in [0.5, 0.6) is 0 Å². The third kappa shape index (κ3) is 2.71. The van der Waals surface area contributed by atoms with Crippen LogP contribution in [0.1, 0.15) is 17.9 Å². The van der Waals surface area contributed by atoms with Crippen molar-refractivity contribution >= 4 is 12.1 Å². The van der Waals surface area contributed by atoms with Crippen molar-refractivity contribution in [3.05, 3.63) is 35.4 Å². The highest BCUT2D eigenvalue weighted by Gasteiger charge is 2.38. The van der Waals surface area contributed by atoms with Crippen LogP contribution in [0.3, 0.4) is 0 Å². The van der Waals surface area contributed by atoms with Gasteiger partial charge in [0.05, 0.1) is 5.92 Å². The molecule has 108 valence electrons. The van der Waals surface area contributed by atoms with Crippen molar-refractivity contribution < 1.29 is 28.6 Å². The molecule has 1 heterocycles. The average Bonchev–Trinajstić information content (AvgIpc) is 2.38. The number of hydrogen-bond acceptors (Lipinski definition) is 2. The molecule has 1 aliphatic rings. The first kappa shape index (κ1) is 14.2. The first-order chi connectivity index (χ1) is 9.40. The van der Waals surface area contributed by atoms with Crippen LogP contribution in [-0.4, -0.2) is 40.3 Å². The van der Waals surface area contributed by atoms with Gasteiger partial charge in [-0.05, 0) is 18.1 Å². The van der Waals surface area contributed by atoms with E-state index in [2.05, 4.69) is 0 Å². The molecule has 1 aromatic rings. The molecule has 1 aliphatic heterocycles. The van der Waals surface area contributed by atoms with Crippen LogP contribution < -0.4 is 0 Å². The Balaban J connectivity index is 2.30. The number of amides is 1. The van der Waals surface area contributed by atoms with Gasteiger partial charge in [0.15, 0.2) is 0 Å². The van der Waals surface area contributed by atoms with Crippen molar-refractivity contribution in [2.45, 2.75) is 12.3 Å². The van der Waals surface area contributed by atoms with Gasteiger partial charge < -0.3 is 15.1 Å². The van der Waals surface area contributed by atoms with Gasteiger partial charge in [-0.25, -0.2) is 13.6 Å². The van der Waals surface area contributed by atoms with Crippen LogP contribution in [0, 0.1) is 17.6 Å². The smallest absolute Gasteiger partial charge is 0.407 e. The molecule has 2 N–H and O–H groups in total. The summed E-state index contributed by atoms with van der Waals surface area (Å²) in [5.41, 5.74) is 0.115. The zero-order valence-corrected chi connectivity index (χ0v) is 10.4. The molecule has 2 rings (SSSR count). The number of benzene rings is 1. The summed E-state index contributed by atoms with van der Waals surface area (Å²) in [7, 11) is 0. The maximum atomic E-state index is 13.8. The minimum absolute atomic E-state index is 0.115. The molecule has 20 heavy (non-hydrogen) atoms. The number of carboxylic acid groups (broad SMARTS) is 2. The monoisotopic (exact) mass is 285 g/mol. The van der Waals surface area contributed by atoms with E-state index in [1.165, 1.54) is 6.07 Å². The van der Waals surface area contributed by atoms with Gasteiger partial charge in [0, 0.05) is 25.1 Å². The van der Waals surface area contributed by atoms with Crippen molar-refractivity contribution in [2.24, 2.45) is 5.92 Å². The van der Waals surface area contributed by atoms with Crippen LogP contribution in [0.4, 0.5) is 13.6 Å². The highest BCUT2D eigenvalue weighted by molar-refractivity contribution is 5.74. The second kappa shape index (κ2) is 5.44. The molecular formula is C13H13F2NO4. The Morgan fingerprint density at radius 1 is 1.25 bits per heavy atom. The van der Waals surface area contributed by atoms with Crippen LogP contribution in [0.15, 0.2) is 18.2 Å². The zero-order valence-electron chi connectivity index (χ0n) is 10.4. The van der Waals surface area contributed by atoms with Crippen LogP contribution in [0.2, 0.25) is 0 Å². The molecule has 0 unspecified atom stereocenters. The van der Waals surface area contributed by atoms with Gasteiger partial charge in [-0.1, -0.05) is 6.07 Å². The fourth-order valence-corrected chi connectivity index (χ4v) is 2.55. The SMILES string of the molecule is O=C(O)[C@H]1CN(C(=O)O)CC[C@H]1c1ccc(F)cc1F. The number of aliphatic carboxylic acids is 1. The maximum absolute atomic E-state index is 13.8. The van der Waals surface area contributed by atoms with Gasteiger partial charge in [-0.2, -0.15) is 0 Å². The third-order valence-electron chi connectivity index (χ3n) is 3.56. The summed E-state index contributed by atoms with van der Waals surface area (Å²) in [6.07, 6.45) is -1.01. The summed E-state index contributed by atoms with van der Waals surface area (Å²) < 4.78 is 26.7. The quantitative estimate of drug-likeness (QED) is 0.872. The molecule has 1 amide bonds. The van der Waals surface area contributed by atoms with E-state index in [1.807, 2.05) is 0 Å². The van der Waals surface area contributed by atoms with Gasteiger partial charge in [-0.15, -0.1) is 0 Å². The number of carbonyl (C=O) groups is 2. The Hall–Kier alpha value is -2.18. The fraction of sp³-hybridized carbons (Fsp3) is 0.385. The lowest BCUT2D eigenvalue weighted by Gasteiger charge is -2.35. The molecule has 7 heteroatoms. The zero-order chi connectivity index (χ0) is 14.9. The lowest BCUT2D eigenvalue weighted by molar-refractivity contribution is -0.144. The van der Waals surface area contributed by atoms with E-state index < -0.39 is 35.5 Å². The topological polar surface area (TPSA) is 77.8 Å². The van der Waals surface area contributed by atoms with Gasteiger partial charge in [0.1, 0.15) is 11.6 Å². The normalized spacial score (nSPS) is 22.6. The first-order valence-corrected chi connectivity index (χ1v) is 6.05. The number of halogens is 2. The molecule has 0 spiro atoms. The van der Waals surface area contributed by atoms with Crippen molar-refractivity contribution in [2.75, 3.05) is 13.1 Å². The molecule has 0 aliphatic carbocycles. The minimum Gasteiger partial charge on any atom is -0.481 e. The van der Waals surface area contributed by atoms with E-state index in [0.29, 0.717) is 6.07 Å². The predicted octanol–water partition coefficient (Wildman–Crippen LogP) is 2.13. The molecule has 1 fully saturated rings. The van der Waals surface area contributed by atoms with E-state index >= 15 is 0 Å². The van der Waals surface area contributed by atoms with E-state index in [-0.39, 0.29) is 25.1 Å². The standard InChI is InChI=1S/C13H13F2NO4/c14-7-1-2-9(11(15)5-7)8-3-4-16(13(19)20)6-10(8)12(17)18/h1-2,5,8,10H,3-4,6H2,(H,17,18)(H,19,20)/t8-,10-/m0/s1. The molecule has 0 aromatic heterocycles. The summed E-state index contributed by atoms with van der Waals surface area (Å²) >= 11 is 0. The Labute approximate surface area is 113 Å². The number of nitrogens with zero attached hydrogens (tertiary/aromatic N) is 1. The van der Waals surface area contributed by atoms with E-state index in [0.717, 1.165) is 11.0 Å². The number of carboxylic acids is 1. The van der Waals surface area contributed by atoms with Crippen molar-refractivity contribution in [3.63, 3.8) is 0 Å². The van der Waals surface area contributed by atoms with E-state index in [9.17, 15) is 23.5 Å². The van der Waals surface area contributed by atoms with Crippen LogP contribution >= 0.6 is 0 Å². The molecule has 1 saturated heterocycles. The van der Waals surface area contributed by atoms with E-state index in [1.54, 1.807) is 0 Å². The van der Waals surface area contributed by atoms with Gasteiger partial charge in [0.2, 0.25) is 0 Å². The number of likely N-dealkylation sites (tertiary alicyclic amines) is 1. The Bertz CT molecular complexity index is 549. The van der Waals surface area contributed by atoms with E-state index in [4.69, 9.17) is 5.11 Å². The highest BCUT2D eigenvalue weighted by Crippen LogP contribution is 2.34. The largest absolute Gasteiger partial charge is 0.481 e. The highest BCUT2D eigenvalue weighted by atomic mass is 19.1. The first-order valence-electron chi connectivity index (χ1n) is 6.05. The summed E-state index contributed by atoms with van der Waals surface area (Å²) in [5, 5.41) is 18.1. The van der Waals surface area contributed by atoms with Crippen LogP contribution in [-0.2, 0) is 4.79 Å². The molecule has 1 aromatic carbocycles. The molecule has 2 atom stereocenters. The molecular weight excluding hydrogens is 272 g/mol. The van der Waals surface area contributed by atoms with Crippen molar-refractivity contribution in [3.8, 4) is 0 Å². The number of hydrogen-bond donors (Lipinski definition) is 2. The summed E-state index contributed by atoms with van der Waals surface area (Å²) in [6, 6.07) is 3.00. The molecule has 0 bridgehead atoms. The summed E-state index contributed by atoms with van der Waals surface area (Å²) in [4.78, 5) is 23.2. The summed E-state index contributed by atoms with van der Waals surface area (Å²) in [5.74, 6) is -4.43. The average molecular weight is 285 g/mol. The lowest BCUT2D eigenvalue weighted by Crippen LogP contribution is -2.45. The molecule has 0 saturated carbocycles. The number of rotatable bonds is 2. The van der Waals surface area contributed by atoms with Crippen LogP contribution in [0.25, 0.3) is 0 Å².